The van der Waals surface area contributed by atoms with Crippen molar-refractivity contribution >= 4 is 42.1 Å². The molecule has 0 unspecified atom stereocenters. The number of phosphoric acid groups is 1. The van der Waals surface area contributed by atoms with Crippen LogP contribution in [-0.4, -0.2) is 14.5 Å². The minimum absolute atomic E-state index is 0. The maximum atomic E-state index is 12.0. The SMILES string of the molecule is Cc1cnc(Nc2cc(C)c(C)c(C)c2)nc1Nc1ccc2oc(=O)n(COP(=O)([O-])[O-])c2c1.[Na+].[Na+]. The topological polar surface area (TPSA) is 157 Å². The predicted molar refractivity (Wildman–Crippen MR) is 123 cm³/mol. The second-order valence-corrected chi connectivity index (χ2v) is 9.05. The number of anilines is 4. The average molecular weight is 529 g/mol. The molecule has 36 heavy (non-hydrogen) atoms. The molecule has 0 spiro atoms. The normalized spacial score (nSPS) is 11.1. The zero-order valence-electron chi connectivity index (χ0n) is 20.9. The monoisotopic (exact) mass is 529 g/mol. The smallest absolute Gasteiger partial charge is 0.790 e. The summed E-state index contributed by atoms with van der Waals surface area (Å²) in [5.74, 6) is 0.0655. The Bertz CT molecular complexity index is 1480. The van der Waals surface area contributed by atoms with Crippen LogP contribution < -0.4 is 85.3 Å². The van der Waals surface area contributed by atoms with Crippen LogP contribution in [0.3, 0.4) is 0 Å². The van der Waals surface area contributed by atoms with Crippen LogP contribution in [-0.2, 0) is 15.8 Å². The summed E-state index contributed by atoms with van der Waals surface area (Å²) >= 11 is 0. The summed E-state index contributed by atoms with van der Waals surface area (Å²) in [5.41, 5.74) is 6.18. The van der Waals surface area contributed by atoms with E-state index in [1.54, 1.807) is 18.3 Å². The number of fused-ring (bicyclic) bond motifs is 1. The summed E-state index contributed by atoms with van der Waals surface area (Å²) in [5, 5.41) is 6.38. The van der Waals surface area contributed by atoms with Gasteiger partial charge in [-0.1, -0.05) is 0 Å². The molecule has 2 heterocycles. The van der Waals surface area contributed by atoms with Gasteiger partial charge < -0.3 is 33.9 Å². The first kappa shape index (κ1) is 30.7. The van der Waals surface area contributed by atoms with Crippen molar-refractivity contribution in [3.8, 4) is 0 Å². The molecule has 0 atom stereocenters. The third-order valence-electron chi connectivity index (χ3n) is 5.43. The summed E-state index contributed by atoms with van der Waals surface area (Å²) in [6, 6.07) is 8.82. The van der Waals surface area contributed by atoms with Gasteiger partial charge in [-0.2, -0.15) is 4.98 Å². The van der Waals surface area contributed by atoms with Crippen molar-refractivity contribution in [1.82, 2.24) is 14.5 Å². The van der Waals surface area contributed by atoms with Crippen LogP contribution in [0.5, 0.6) is 0 Å². The molecule has 0 radical (unpaired) electrons. The Labute approximate surface area is 251 Å². The van der Waals surface area contributed by atoms with Gasteiger partial charge >= 0.3 is 64.9 Å². The van der Waals surface area contributed by atoms with E-state index in [1.165, 1.54) is 11.6 Å². The van der Waals surface area contributed by atoms with Crippen molar-refractivity contribution in [3.05, 3.63) is 69.3 Å². The first-order chi connectivity index (χ1) is 16.0. The van der Waals surface area contributed by atoms with Crippen molar-refractivity contribution in [2.75, 3.05) is 10.6 Å². The maximum Gasteiger partial charge on any atom is 1.00 e. The van der Waals surface area contributed by atoms with Gasteiger partial charge in [-0.3, -0.25) is 0 Å². The fourth-order valence-corrected chi connectivity index (χ4v) is 3.65. The molecule has 0 aliphatic rings. The van der Waals surface area contributed by atoms with Gasteiger partial charge in [0.15, 0.2) is 5.58 Å². The first-order valence-electron chi connectivity index (χ1n) is 10.3. The Morgan fingerprint density at radius 2 is 1.67 bits per heavy atom. The average Bonchev–Trinajstić information content (AvgIpc) is 3.06. The number of aromatic nitrogens is 3. The largest absolute Gasteiger partial charge is 1.00 e. The fourth-order valence-electron chi connectivity index (χ4n) is 3.39. The Balaban J connectivity index is 0.00000228. The Hall–Kier alpha value is -1.50. The van der Waals surface area contributed by atoms with E-state index in [2.05, 4.69) is 32.0 Å². The van der Waals surface area contributed by atoms with E-state index in [0.717, 1.165) is 26.9 Å². The molecule has 0 aliphatic heterocycles. The molecule has 14 heteroatoms. The van der Waals surface area contributed by atoms with Gasteiger partial charge in [0.05, 0.1) is 13.3 Å². The van der Waals surface area contributed by atoms with Crippen LogP contribution in [0.2, 0.25) is 0 Å². The first-order valence-corrected chi connectivity index (χ1v) is 11.7. The van der Waals surface area contributed by atoms with Crippen LogP contribution in [0, 0.1) is 27.7 Å². The summed E-state index contributed by atoms with van der Waals surface area (Å²) in [4.78, 5) is 42.6. The minimum atomic E-state index is -5.26. The molecule has 178 valence electrons. The van der Waals surface area contributed by atoms with Crippen molar-refractivity contribution in [2.24, 2.45) is 0 Å². The number of nitrogens with zero attached hydrogens (tertiary/aromatic N) is 3. The molecule has 0 saturated heterocycles. The van der Waals surface area contributed by atoms with Crippen LogP contribution >= 0.6 is 7.82 Å². The summed E-state index contributed by atoms with van der Waals surface area (Å²) in [6.07, 6.45) is 1.67. The van der Waals surface area contributed by atoms with Gasteiger partial charge in [0.1, 0.15) is 12.5 Å². The number of nitrogens with one attached hydrogen (secondary N) is 2. The molecule has 4 aromatic rings. The van der Waals surface area contributed by atoms with E-state index >= 15 is 0 Å². The third-order valence-corrected chi connectivity index (χ3v) is 5.86. The van der Waals surface area contributed by atoms with E-state index in [4.69, 9.17) is 4.42 Å². The number of rotatable bonds is 7. The van der Waals surface area contributed by atoms with Crippen LogP contribution in [0.25, 0.3) is 11.1 Å². The molecule has 2 aromatic carbocycles. The van der Waals surface area contributed by atoms with Crippen molar-refractivity contribution in [3.63, 3.8) is 0 Å². The van der Waals surface area contributed by atoms with Crippen molar-refractivity contribution in [1.29, 1.82) is 0 Å². The number of benzene rings is 2. The van der Waals surface area contributed by atoms with Gasteiger partial charge in [0.2, 0.25) is 5.95 Å². The van der Waals surface area contributed by atoms with Crippen molar-refractivity contribution < 1.29 is 82.4 Å². The fraction of sp³-hybridized carbons (Fsp3) is 0.227. The Kier molecular flexibility index (Phi) is 10.6. The van der Waals surface area contributed by atoms with Crippen LogP contribution in [0.4, 0.5) is 23.1 Å². The molecule has 0 saturated carbocycles. The minimum Gasteiger partial charge on any atom is -0.790 e. The quantitative estimate of drug-likeness (QED) is 0.186. The van der Waals surface area contributed by atoms with Gasteiger partial charge in [0.25, 0.3) is 0 Å². The summed E-state index contributed by atoms with van der Waals surface area (Å²) in [7, 11) is -5.26. The van der Waals surface area contributed by atoms with E-state index in [1.807, 2.05) is 32.9 Å². The standard InChI is InChI=1S/C22H24N5O6P.2Na/c1-12-7-17(8-13(2)15(12)4)25-21-23-10-14(3)20(26-21)24-16-5-6-19-18(9-16)27(22(28)33-19)11-32-34(29,30)31;;/h5-10H,11H2,1-4H3,(H2,29,30,31)(H2,23,24,25,26);;/q;2*+1/p-2. The van der Waals surface area contributed by atoms with E-state index < -0.39 is 20.3 Å². The maximum absolute atomic E-state index is 12.0. The van der Waals surface area contributed by atoms with Crippen LogP contribution in [0.1, 0.15) is 22.3 Å². The number of phosphoric ester groups is 1. The van der Waals surface area contributed by atoms with Gasteiger partial charge in [-0.05, 0) is 74.7 Å². The van der Waals surface area contributed by atoms with Crippen LogP contribution in [0.15, 0.2) is 45.7 Å². The molecule has 2 aromatic heterocycles. The predicted octanol–water partition coefficient (Wildman–Crippen LogP) is -3.08. The van der Waals surface area contributed by atoms with E-state index in [0.29, 0.717) is 17.5 Å². The van der Waals surface area contributed by atoms with E-state index in [9.17, 15) is 19.1 Å². The number of hydrogen-bond acceptors (Lipinski definition) is 10. The second kappa shape index (κ2) is 12.4. The molecule has 0 fully saturated rings. The molecular formula is C22H22N5Na2O6P. The molecule has 0 amide bonds. The van der Waals surface area contributed by atoms with Gasteiger partial charge in [-0.25, -0.2) is 14.3 Å². The van der Waals surface area contributed by atoms with Gasteiger partial charge in [0, 0.05) is 23.1 Å². The zero-order chi connectivity index (χ0) is 24.6. The number of aryl methyl sites for hydroxylation is 3. The number of hydrogen-bond donors (Lipinski definition) is 2. The second-order valence-electron chi connectivity index (χ2n) is 7.89. The van der Waals surface area contributed by atoms with Crippen molar-refractivity contribution in [2.45, 2.75) is 34.4 Å². The van der Waals surface area contributed by atoms with E-state index in [-0.39, 0.29) is 70.2 Å². The molecule has 0 bridgehead atoms. The number of oxazole rings is 1. The molecular weight excluding hydrogens is 507 g/mol. The molecule has 0 aliphatic carbocycles. The third kappa shape index (κ3) is 7.29. The summed E-state index contributed by atoms with van der Waals surface area (Å²) in [6.45, 7) is 7.21. The summed E-state index contributed by atoms with van der Waals surface area (Å²) < 4.78 is 21.0. The van der Waals surface area contributed by atoms with Gasteiger partial charge in [-0.15, -0.1) is 0 Å². The Morgan fingerprint density at radius 1 is 1.00 bits per heavy atom. The molecule has 2 N–H and O–H groups in total. The molecule has 4 rings (SSSR count). The Morgan fingerprint density at radius 3 is 2.31 bits per heavy atom. The zero-order valence-corrected chi connectivity index (χ0v) is 25.8. The molecule has 11 nitrogen and oxygen atoms in total.